The molecule has 2 nitrogen and oxygen atoms in total. The van der Waals surface area contributed by atoms with Crippen molar-refractivity contribution in [3.8, 4) is 11.3 Å². The quantitative estimate of drug-likeness (QED) is 0.303. The largest absolute Gasteiger partial charge is 0.232 e. The first-order chi connectivity index (χ1) is 13.5. The third kappa shape index (κ3) is 2.65. The normalized spacial score (nSPS) is 12.1. The predicted molar refractivity (Wildman–Crippen MR) is 119 cm³/mol. The molecule has 0 saturated heterocycles. The SMILES string of the molecule is CC(C)(C)c1nc(-c2cc3ccccc3c3ccccc23)c2ccccc2n1. The van der Waals surface area contributed by atoms with Gasteiger partial charge < -0.3 is 0 Å². The summed E-state index contributed by atoms with van der Waals surface area (Å²) in [5.41, 5.74) is 3.05. The van der Waals surface area contributed by atoms with Gasteiger partial charge in [0.2, 0.25) is 0 Å². The molecule has 0 atom stereocenters. The fourth-order valence-electron chi connectivity index (χ4n) is 3.87. The molecule has 0 saturated carbocycles. The van der Waals surface area contributed by atoms with Gasteiger partial charge in [-0.1, -0.05) is 87.5 Å². The molecule has 5 aromatic rings. The number of fused-ring (bicyclic) bond motifs is 4. The molecular weight excluding hydrogens is 340 g/mol. The molecule has 0 bridgehead atoms. The van der Waals surface area contributed by atoms with Crippen molar-refractivity contribution in [2.24, 2.45) is 0 Å². The molecule has 0 aliphatic heterocycles. The van der Waals surface area contributed by atoms with E-state index in [9.17, 15) is 0 Å². The van der Waals surface area contributed by atoms with Crippen molar-refractivity contribution >= 4 is 32.4 Å². The summed E-state index contributed by atoms with van der Waals surface area (Å²) in [6, 6.07) is 27.8. The molecule has 1 heterocycles. The molecular formula is C26H22N2. The van der Waals surface area contributed by atoms with Gasteiger partial charge in [0, 0.05) is 16.4 Å². The number of rotatable bonds is 1. The predicted octanol–water partition coefficient (Wildman–Crippen LogP) is 6.90. The Morgan fingerprint density at radius 3 is 1.96 bits per heavy atom. The van der Waals surface area contributed by atoms with E-state index in [1.165, 1.54) is 27.1 Å². The number of hydrogen-bond acceptors (Lipinski definition) is 2. The van der Waals surface area contributed by atoms with Crippen molar-refractivity contribution in [3.63, 3.8) is 0 Å². The van der Waals surface area contributed by atoms with Crippen molar-refractivity contribution in [1.29, 1.82) is 0 Å². The van der Waals surface area contributed by atoms with E-state index >= 15 is 0 Å². The van der Waals surface area contributed by atoms with Crippen LogP contribution in [-0.2, 0) is 5.41 Å². The van der Waals surface area contributed by atoms with E-state index in [0.29, 0.717) is 0 Å². The van der Waals surface area contributed by atoms with Gasteiger partial charge in [0.25, 0.3) is 0 Å². The molecule has 0 fully saturated rings. The summed E-state index contributed by atoms with van der Waals surface area (Å²) in [5.74, 6) is 0.874. The van der Waals surface area contributed by atoms with Crippen molar-refractivity contribution < 1.29 is 0 Å². The molecule has 0 radical (unpaired) electrons. The Bertz CT molecular complexity index is 1340. The van der Waals surface area contributed by atoms with Crippen molar-refractivity contribution in [1.82, 2.24) is 9.97 Å². The maximum Gasteiger partial charge on any atom is 0.135 e. The fraction of sp³-hybridized carbons (Fsp3) is 0.154. The average Bonchev–Trinajstić information content (AvgIpc) is 2.72. The molecule has 2 heteroatoms. The van der Waals surface area contributed by atoms with Crippen LogP contribution in [0.5, 0.6) is 0 Å². The maximum absolute atomic E-state index is 5.09. The van der Waals surface area contributed by atoms with Crippen LogP contribution in [0.25, 0.3) is 43.7 Å². The number of nitrogens with zero attached hydrogens (tertiary/aromatic N) is 2. The van der Waals surface area contributed by atoms with Crippen LogP contribution in [0, 0.1) is 0 Å². The zero-order valence-electron chi connectivity index (χ0n) is 16.4. The summed E-state index contributed by atoms with van der Waals surface area (Å²) in [7, 11) is 0. The van der Waals surface area contributed by atoms with Gasteiger partial charge in [-0.2, -0.15) is 0 Å². The van der Waals surface area contributed by atoms with Crippen molar-refractivity contribution in [2.75, 3.05) is 0 Å². The zero-order chi connectivity index (χ0) is 19.3. The first-order valence-corrected chi connectivity index (χ1v) is 9.70. The molecule has 5 rings (SSSR count). The Balaban J connectivity index is 1.96. The maximum atomic E-state index is 5.09. The lowest BCUT2D eigenvalue weighted by Crippen LogP contribution is -2.16. The van der Waals surface area contributed by atoms with Crippen LogP contribution < -0.4 is 0 Å². The third-order valence-electron chi connectivity index (χ3n) is 5.30. The Kier molecular flexibility index (Phi) is 3.70. The van der Waals surface area contributed by atoms with Gasteiger partial charge in [0.15, 0.2) is 0 Å². The van der Waals surface area contributed by atoms with Crippen molar-refractivity contribution in [3.05, 3.63) is 84.7 Å². The highest BCUT2D eigenvalue weighted by Gasteiger charge is 2.21. The van der Waals surface area contributed by atoms with Crippen LogP contribution in [0.1, 0.15) is 26.6 Å². The standard InChI is InChI=1S/C26H22N2/c1-26(2,3)25-27-23-15-9-8-14-21(23)24(28-25)22-16-17-10-4-5-11-18(17)19-12-6-7-13-20(19)22/h4-16H,1-3H3. The molecule has 0 N–H and O–H groups in total. The molecule has 28 heavy (non-hydrogen) atoms. The summed E-state index contributed by atoms with van der Waals surface area (Å²) < 4.78 is 0. The van der Waals surface area contributed by atoms with Gasteiger partial charge in [-0.05, 0) is 33.7 Å². The minimum Gasteiger partial charge on any atom is -0.232 e. The van der Waals surface area contributed by atoms with Crippen LogP contribution >= 0.6 is 0 Å². The second kappa shape index (κ2) is 6.13. The smallest absolute Gasteiger partial charge is 0.135 e. The molecule has 4 aromatic carbocycles. The molecule has 1 aromatic heterocycles. The lowest BCUT2D eigenvalue weighted by molar-refractivity contribution is 0.549. The van der Waals surface area contributed by atoms with Crippen LogP contribution in [0.2, 0.25) is 0 Å². The molecule has 0 unspecified atom stereocenters. The lowest BCUT2D eigenvalue weighted by atomic mass is 9.92. The van der Waals surface area contributed by atoms with Gasteiger partial charge in [-0.3, -0.25) is 0 Å². The van der Waals surface area contributed by atoms with Crippen LogP contribution in [-0.4, -0.2) is 9.97 Å². The third-order valence-corrected chi connectivity index (χ3v) is 5.30. The monoisotopic (exact) mass is 362 g/mol. The number of aromatic nitrogens is 2. The zero-order valence-corrected chi connectivity index (χ0v) is 16.4. The van der Waals surface area contributed by atoms with E-state index in [1.54, 1.807) is 0 Å². The van der Waals surface area contributed by atoms with E-state index in [2.05, 4.69) is 93.6 Å². The Morgan fingerprint density at radius 1 is 0.607 bits per heavy atom. The molecule has 0 aliphatic rings. The molecule has 0 aliphatic carbocycles. The highest BCUT2D eigenvalue weighted by atomic mass is 14.9. The Morgan fingerprint density at radius 2 is 1.21 bits per heavy atom. The van der Waals surface area contributed by atoms with E-state index in [1.807, 2.05) is 6.07 Å². The van der Waals surface area contributed by atoms with Crippen LogP contribution in [0.3, 0.4) is 0 Å². The fourth-order valence-corrected chi connectivity index (χ4v) is 3.87. The minimum atomic E-state index is -0.120. The van der Waals surface area contributed by atoms with E-state index in [0.717, 1.165) is 22.4 Å². The summed E-state index contributed by atoms with van der Waals surface area (Å²) in [6.07, 6.45) is 0. The lowest BCUT2D eigenvalue weighted by Gasteiger charge is -2.19. The average molecular weight is 362 g/mol. The van der Waals surface area contributed by atoms with Gasteiger partial charge >= 0.3 is 0 Å². The number of para-hydroxylation sites is 1. The summed E-state index contributed by atoms with van der Waals surface area (Å²) in [5, 5.41) is 6.09. The first-order valence-electron chi connectivity index (χ1n) is 9.70. The van der Waals surface area contributed by atoms with Gasteiger partial charge in [0.1, 0.15) is 5.82 Å². The van der Waals surface area contributed by atoms with Gasteiger partial charge in [0.05, 0.1) is 11.2 Å². The topological polar surface area (TPSA) is 25.8 Å². The summed E-state index contributed by atoms with van der Waals surface area (Å²) >= 11 is 0. The minimum absolute atomic E-state index is 0.120. The van der Waals surface area contributed by atoms with Gasteiger partial charge in [-0.15, -0.1) is 0 Å². The van der Waals surface area contributed by atoms with Crippen molar-refractivity contribution in [2.45, 2.75) is 26.2 Å². The Hall–Kier alpha value is -3.26. The van der Waals surface area contributed by atoms with E-state index < -0.39 is 0 Å². The summed E-state index contributed by atoms with van der Waals surface area (Å²) in [6.45, 7) is 6.50. The number of hydrogen-bond donors (Lipinski definition) is 0. The molecule has 0 spiro atoms. The van der Waals surface area contributed by atoms with Crippen LogP contribution in [0.4, 0.5) is 0 Å². The number of benzene rings is 4. The first kappa shape index (κ1) is 16.9. The van der Waals surface area contributed by atoms with E-state index in [4.69, 9.17) is 9.97 Å². The Labute approximate surface area is 164 Å². The molecule has 136 valence electrons. The van der Waals surface area contributed by atoms with Crippen LogP contribution in [0.15, 0.2) is 78.9 Å². The second-order valence-electron chi connectivity index (χ2n) is 8.35. The van der Waals surface area contributed by atoms with Gasteiger partial charge in [-0.25, -0.2) is 9.97 Å². The molecule has 0 amide bonds. The second-order valence-corrected chi connectivity index (χ2v) is 8.35. The van der Waals surface area contributed by atoms with E-state index in [-0.39, 0.29) is 5.41 Å². The highest BCUT2D eigenvalue weighted by molar-refractivity contribution is 6.15. The highest BCUT2D eigenvalue weighted by Crippen LogP contribution is 2.37. The summed E-state index contributed by atoms with van der Waals surface area (Å²) in [4.78, 5) is 9.95.